The Hall–Kier alpha value is -1.07. The largest absolute Gasteiger partial charge is 0.378 e. The normalized spacial score (nSPS) is 13.3. The smallest absolute Gasteiger partial charge is 0.147 e. The molecule has 0 saturated carbocycles. The van der Waals surface area contributed by atoms with Crippen molar-refractivity contribution in [3.8, 4) is 0 Å². The monoisotopic (exact) mass is 284 g/mol. The Morgan fingerprint density at radius 2 is 1.79 bits per heavy atom. The van der Waals surface area contributed by atoms with Crippen molar-refractivity contribution in [2.45, 2.75) is 18.9 Å². The highest BCUT2D eigenvalue weighted by atomic mass is 32.2. The first-order chi connectivity index (χ1) is 8.83. The van der Waals surface area contributed by atoms with E-state index in [1.165, 1.54) is 11.8 Å². The summed E-state index contributed by atoms with van der Waals surface area (Å²) in [6.45, 7) is 0. The number of sulfone groups is 1. The molecule has 0 aliphatic rings. The number of nitrogens with zero attached hydrogens (tertiary/aromatic N) is 1. The molecular formula is C14H24N2O2S. The van der Waals surface area contributed by atoms with Gasteiger partial charge in [0.2, 0.25) is 0 Å². The zero-order chi connectivity index (χ0) is 14.5. The van der Waals surface area contributed by atoms with Gasteiger partial charge in [0.05, 0.1) is 0 Å². The first-order valence-electron chi connectivity index (χ1n) is 6.46. The summed E-state index contributed by atoms with van der Waals surface area (Å²) in [6.07, 6.45) is 2.79. The molecule has 0 aromatic heterocycles. The van der Waals surface area contributed by atoms with E-state index in [0.717, 1.165) is 12.1 Å². The minimum atomic E-state index is -2.86. The molecule has 0 bridgehead atoms. The third-order valence-corrected chi connectivity index (χ3v) is 4.20. The lowest BCUT2D eigenvalue weighted by Crippen LogP contribution is -2.18. The Balaban J connectivity index is 2.64. The standard InChI is InChI=1S/C14H24N2O2S/c1-15-14(6-5-11-19(4,17)18)12-7-9-13(10-8-12)16(2)3/h7-10,14-15H,5-6,11H2,1-4H3. The molecule has 1 unspecified atom stereocenters. The van der Waals surface area contributed by atoms with Gasteiger partial charge in [-0.15, -0.1) is 0 Å². The van der Waals surface area contributed by atoms with Gasteiger partial charge in [0.1, 0.15) is 9.84 Å². The predicted octanol–water partition coefficient (Wildman–Crippen LogP) is 1.84. The van der Waals surface area contributed by atoms with Gasteiger partial charge in [-0.2, -0.15) is 0 Å². The summed E-state index contributed by atoms with van der Waals surface area (Å²) in [4.78, 5) is 2.06. The first-order valence-corrected chi connectivity index (χ1v) is 8.52. The van der Waals surface area contributed by atoms with E-state index in [1.807, 2.05) is 21.1 Å². The summed E-state index contributed by atoms with van der Waals surface area (Å²) < 4.78 is 22.3. The van der Waals surface area contributed by atoms with Gasteiger partial charge in [-0.25, -0.2) is 8.42 Å². The lowest BCUT2D eigenvalue weighted by molar-refractivity contribution is 0.536. The Morgan fingerprint density at radius 1 is 1.21 bits per heavy atom. The topological polar surface area (TPSA) is 49.4 Å². The summed E-state index contributed by atoms with van der Waals surface area (Å²) in [5.74, 6) is 0.251. The number of hydrogen-bond donors (Lipinski definition) is 1. The molecule has 0 aliphatic heterocycles. The maximum absolute atomic E-state index is 11.1. The molecule has 1 aromatic rings. The second-order valence-electron chi connectivity index (χ2n) is 5.10. The van der Waals surface area contributed by atoms with Gasteiger partial charge in [-0.3, -0.25) is 0 Å². The molecule has 0 radical (unpaired) electrons. The fraction of sp³-hybridized carbons (Fsp3) is 0.571. The van der Waals surface area contributed by atoms with Crippen molar-refractivity contribution in [3.63, 3.8) is 0 Å². The molecule has 19 heavy (non-hydrogen) atoms. The van der Waals surface area contributed by atoms with Gasteiger partial charge < -0.3 is 10.2 Å². The molecule has 1 N–H and O–H groups in total. The van der Waals surface area contributed by atoms with E-state index in [1.54, 1.807) is 0 Å². The van der Waals surface area contributed by atoms with Gasteiger partial charge in [0.25, 0.3) is 0 Å². The quantitative estimate of drug-likeness (QED) is 0.830. The third-order valence-electron chi connectivity index (χ3n) is 3.17. The Labute approximate surface area is 116 Å². The van der Waals surface area contributed by atoms with E-state index in [2.05, 4.69) is 34.5 Å². The van der Waals surface area contributed by atoms with Gasteiger partial charge in [0.15, 0.2) is 0 Å². The van der Waals surface area contributed by atoms with Crippen molar-refractivity contribution in [3.05, 3.63) is 29.8 Å². The average molecular weight is 284 g/mol. The molecule has 0 aliphatic carbocycles. The fourth-order valence-electron chi connectivity index (χ4n) is 2.03. The first kappa shape index (κ1) is 16.0. The second-order valence-corrected chi connectivity index (χ2v) is 7.36. The molecule has 1 rings (SSSR count). The zero-order valence-electron chi connectivity index (χ0n) is 12.2. The summed E-state index contributed by atoms with van der Waals surface area (Å²) in [7, 11) is 3.07. The fourth-order valence-corrected chi connectivity index (χ4v) is 2.72. The van der Waals surface area contributed by atoms with Crippen LogP contribution in [0.25, 0.3) is 0 Å². The summed E-state index contributed by atoms with van der Waals surface area (Å²) in [5, 5.41) is 3.24. The highest BCUT2D eigenvalue weighted by Gasteiger charge is 2.11. The molecule has 108 valence electrons. The Bertz CT molecular complexity index is 481. The summed E-state index contributed by atoms with van der Waals surface area (Å²) in [6, 6.07) is 8.55. The van der Waals surface area contributed by atoms with Crippen molar-refractivity contribution >= 4 is 15.5 Å². The number of hydrogen-bond acceptors (Lipinski definition) is 4. The van der Waals surface area contributed by atoms with Crippen LogP contribution >= 0.6 is 0 Å². The van der Waals surface area contributed by atoms with Crippen LogP contribution in [0.2, 0.25) is 0 Å². The molecule has 0 amide bonds. The maximum Gasteiger partial charge on any atom is 0.147 e. The van der Waals surface area contributed by atoms with Crippen molar-refractivity contribution in [2.75, 3.05) is 38.1 Å². The molecule has 0 spiro atoms. The summed E-state index contributed by atoms with van der Waals surface area (Å²) >= 11 is 0. The number of benzene rings is 1. The van der Waals surface area contributed by atoms with Crippen LogP contribution in [-0.2, 0) is 9.84 Å². The van der Waals surface area contributed by atoms with Gasteiger partial charge >= 0.3 is 0 Å². The number of rotatable bonds is 7. The molecule has 1 atom stereocenters. The summed E-state index contributed by atoms with van der Waals surface area (Å²) in [5.41, 5.74) is 2.36. The van der Waals surface area contributed by atoms with Crippen molar-refractivity contribution in [2.24, 2.45) is 0 Å². The van der Waals surface area contributed by atoms with Crippen LogP contribution in [0.15, 0.2) is 24.3 Å². The number of nitrogens with one attached hydrogen (secondary N) is 1. The van der Waals surface area contributed by atoms with E-state index in [0.29, 0.717) is 6.42 Å². The molecular weight excluding hydrogens is 260 g/mol. The van der Waals surface area contributed by atoms with Crippen LogP contribution in [0.4, 0.5) is 5.69 Å². The van der Waals surface area contributed by atoms with Crippen molar-refractivity contribution in [1.82, 2.24) is 5.32 Å². The Kier molecular flexibility index (Phi) is 5.82. The lowest BCUT2D eigenvalue weighted by atomic mass is 10.0. The van der Waals surface area contributed by atoms with E-state index < -0.39 is 9.84 Å². The van der Waals surface area contributed by atoms with E-state index >= 15 is 0 Å². The van der Waals surface area contributed by atoms with Crippen LogP contribution in [0, 0.1) is 0 Å². The number of anilines is 1. The molecule has 0 saturated heterocycles. The minimum Gasteiger partial charge on any atom is -0.378 e. The average Bonchev–Trinajstić information content (AvgIpc) is 2.33. The van der Waals surface area contributed by atoms with Crippen molar-refractivity contribution < 1.29 is 8.42 Å². The van der Waals surface area contributed by atoms with Gasteiger partial charge in [-0.05, 0) is 37.6 Å². The molecule has 0 fully saturated rings. The van der Waals surface area contributed by atoms with Crippen LogP contribution in [0.1, 0.15) is 24.4 Å². The van der Waals surface area contributed by atoms with E-state index in [-0.39, 0.29) is 11.8 Å². The van der Waals surface area contributed by atoms with Gasteiger partial charge in [-0.1, -0.05) is 12.1 Å². The van der Waals surface area contributed by atoms with Crippen LogP contribution in [0.5, 0.6) is 0 Å². The van der Waals surface area contributed by atoms with Crippen LogP contribution in [-0.4, -0.2) is 41.6 Å². The predicted molar refractivity (Wildman–Crippen MR) is 81.5 cm³/mol. The molecule has 5 heteroatoms. The van der Waals surface area contributed by atoms with E-state index in [4.69, 9.17) is 0 Å². The Morgan fingerprint density at radius 3 is 2.21 bits per heavy atom. The molecule has 0 heterocycles. The van der Waals surface area contributed by atoms with Crippen LogP contribution < -0.4 is 10.2 Å². The maximum atomic E-state index is 11.1. The zero-order valence-corrected chi connectivity index (χ0v) is 13.0. The minimum absolute atomic E-state index is 0.206. The molecule has 4 nitrogen and oxygen atoms in total. The third kappa shape index (κ3) is 5.61. The molecule has 1 aromatic carbocycles. The highest BCUT2D eigenvalue weighted by molar-refractivity contribution is 7.90. The van der Waals surface area contributed by atoms with Crippen LogP contribution in [0.3, 0.4) is 0 Å². The second kappa shape index (κ2) is 6.91. The van der Waals surface area contributed by atoms with E-state index in [9.17, 15) is 8.42 Å². The van der Waals surface area contributed by atoms with Crippen molar-refractivity contribution in [1.29, 1.82) is 0 Å². The van der Waals surface area contributed by atoms with Gasteiger partial charge in [0, 0.05) is 37.8 Å². The highest BCUT2D eigenvalue weighted by Crippen LogP contribution is 2.21. The SMILES string of the molecule is CNC(CCCS(C)(=O)=O)c1ccc(N(C)C)cc1. The lowest BCUT2D eigenvalue weighted by Gasteiger charge is -2.18.